The molecule has 0 bridgehead atoms. The van der Waals surface area contributed by atoms with Gasteiger partial charge in [0.1, 0.15) is 0 Å². The van der Waals surface area contributed by atoms with Gasteiger partial charge in [0.25, 0.3) is 0 Å². The van der Waals surface area contributed by atoms with Gasteiger partial charge in [-0.25, -0.2) is 4.79 Å². The molecule has 2 aromatic carbocycles. The summed E-state index contributed by atoms with van der Waals surface area (Å²) >= 11 is 0. The number of nitrogens with one attached hydrogen (secondary N) is 1. The van der Waals surface area contributed by atoms with Crippen molar-refractivity contribution < 1.29 is 19.0 Å². The van der Waals surface area contributed by atoms with E-state index < -0.39 is 5.97 Å². The monoisotopic (exact) mass is 405 g/mol. The molecular formula is C21H19N5O4. The van der Waals surface area contributed by atoms with E-state index in [1.54, 1.807) is 18.2 Å². The Hall–Kier alpha value is -4.14. The summed E-state index contributed by atoms with van der Waals surface area (Å²) in [5.74, 6) is 1.32. The first-order valence-corrected chi connectivity index (χ1v) is 9.14. The first-order valence-electron chi connectivity index (χ1n) is 9.14. The van der Waals surface area contributed by atoms with Crippen LogP contribution >= 0.6 is 0 Å². The average Bonchev–Trinajstić information content (AvgIpc) is 3.20. The summed E-state index contributed by atoms with van der Waals surface area (Å²) in [6.07, 6.45) is 2.94. The Balaban J connectivity index is 1.37. The normalized spacial score (nSPS) is 12.2. The van der Waals surface area contributed by atoms with Gasteiger partial charge in [-0.3, -0.25) is 0 Å². The predicted octanol–water partition coefficient (Wildman–Crippen LogP) is 2.99. The van der Waals surface area contributed by atoms with E-state index in [0.29, 0.717) is 11.5 Å². The zero-order chi connectivity index (χ0) is 20.9. The molecule has 0 spiro atoms. The Morgan fingerprint density at radius 2 is 2.00 bits per heavy atom. The largest absolute Gasteiger partial charge is 0.454 e. The number of nitrogens with zero attached hydrogens (tertiary/aromatic N) is 3. The summed E-state index contributed by atoms with van der Waals surface area (Å²) in [4.78, 5) is 24.4. The molecule has 152 valence electrons. The van der Waals surface area contributed by atoms with Gasteiger partial charge >= 0.3 is 5.97 Å². The zero-order valence-corrected chi connectivity index (χ0v) is 16.2. The molecule has 1 aliphatic heterocycles. The number of nitrogens with two attached hydrogens (primary N) is 1. The highest BCUT2D eigenvalue weighted by Gasteiger charge is 2.12. The number of ether oxygens (including phenoxy) is 3. The quantitative estimate of drug-likeness (QED) is 0.471. The van der Waals surface area contributed by atoms with Crippen LogP contribution in [0.15, 0.2) is 48.5 Å². The van der Waals surface area contributed by atoms with Crippen LogP contribution in [0.3, 0.4) is 0 Å². The molecule has 0 atom stereocenters. The molecule has 0 amide bonds. The Morgan fingerprint density at radius 3 is 2.87 bits per heavy atom. The second-order valence-electron chi connectivity index (χ2n) is 6.43. The van der Waals surface area contributed by atoms with E-state index in [4.69, 9.17) is 19.9 Å². The van der Waals surface area contributed by atoms with Crippen molar-refractivity contribution in [2.24, 2.45) is 0 Å². The Morgan fingerprint density at radius 1 is 1.17 bits per heavy atom. The van der Waals surface area contributed by atoms with Gasteiger partial charge in [0.05, 0.1) is 0 Å². The fourth-order valence-corrected chi connectivity index (χ4v) is 2.76. The standard InChI is InChI=1S/C21H19N5O4/c1-13-4-2-3-5-15(13)23-21-25-18(24-20(22)26-21)11-28-19(27)9-7-14-6-8-16-17(10-14)30-12-29-16/h2-10H,11-12H2,1H3,(H3,22,23,24,25,26)/b9-7+. The molecule has 1 aromatic heterocycles. The van der Waals surface area contributed by atoms with E-state index in [0.717, 1.165) is 16.8 Å². The van der Waals surface area contributed by atoms with Crippen molar-refractivity contribution in [3.8, 4) is 11.5 Å². The van der Waals surface area contributed by atoms with Gasteiger partial charge in [0, 0.05) is 11.8 Å². The minimum atomic E-state index is -0.542. The molecule has 3 N–H and O–H groups in total. The Labute approximate surface area is 172 Å². The number of hydrogen-bond acceptors (Lipinski definition) is 9. The molecular weight excluding hydrogens is 386 g/mol. The number of fused-ring (bicyclic) bond motifs is 1. The van der Waals surface area contributed by atoms with Crippen LogP contribution < -0.4 is 20.5 Å². The second-order valence-corrected chi connectivity index (χ2v) is 6.43. The van der Waals surface area contributed by atoms with Gasteiger partial charge in [0.2, 0.25) is 18.7 Å². The lowest BCUT2D eigenvalue weighted by atomic mass is 10.2. The minimum Gasteiger partial charge on any atom is -0.454 e. The molecule has 2 heterocycles. The van der Waals surface area contributed by atoms with Gasteiger partial charge in [-0.2, -0.15) is 15.0 Å². The number of rotatable bonds is 6. The number of hydrogen-bond donors (Lipinski definition) is 2. The number of aromatic nitrogens is 3. The smallest absolute Gasteiger partial charge is 0.331 e. The van der Waals surface area contributed by atoms with E-state index in [9.17, 15) is 4.79 Å². The second kappa shape index (κ2) is 8.48. The summed E-state index contributed by atoms with van der Waals surface area (Å²) in [5.41, 5.74) is 8.41. The number of aryl methyl sites for hydroxylation is 1. The van der Waals surface area contributed by atoms with Crippen LogP contribution in [0, 0.1) is 6.92 Å². The number of anilines is 3. The molecule has 3 aromatic rings. The number of para-hydroxylation sites is 1. The lowest BCUT2D eigenvalue weighted by Gasteiger charge is -2.09. The van der Waals surface area contributed by atoms with E-state index in [1.807, 2.05) is 37.3 Å². The van der Waals surface area contributed by atoms with Gasteiger partial charge in [-0.05, 0) is 42.3 Å². The molecule has 1 aliphatic rings. The lowest BCUT2D eigenvalue weighted by Crippen LogP contribution is -2.10. The number of esters is 1. The summed E-state index contributed by atoms with van der Waals surface area (Å²) < 4.78 is 15.8. The van der Waals surface area contributed by atoms with Crippen LogP contribution in [0.1, 0.15) is 17.0 Å². The van der Waals surface area contributed by atoms with E-state index in [2.05, 4.69) is 20.3 Å². The summed E-state index contributed by atoms with van der Waals surface area (Å²) in [6, 6.07) is 13.1. The zero-order valence-electron chi connectivity index (χ0n) is 16.2. The highest BCUT2D eigenvalue weighted by atomic mass is 16.7. The van der Waals surface area contributed by atoms with E-state index in [-0.39, 0.29) is 31.1 Å². The van der Waals surface area contributed by atoms with Crippen molar-refractivity contribution in [3.05, 3.63) is 65.5 Å². The Bertz CT molecular complexity index is 1120. The van der Waals surface area contributed by atoms with Gasteiger partial charge in [0.15, 0.2) is 23.9 Å². The maximum absolute atomic E-state index is 12.0. The van der Waals surface area contributed by atoms with E-state index >= 15 is 0 Å². The fraction of sp³-hybridized carbons (Fsp3) is 0.143. The topological polar surface area (TPSA) is 121 Å². The number of carbonyl (C=O) groups is 1. The predicted molar refractivity (Wildman–Crippen MR) is 110 cm³/mol. The molecule has 9 nitrogen and oxygen atoms in total. The third-order valence-corrected chi connectivity index (χ3v) is 4.24. The molecule has 9 heteroatoms. The van der Waals surface area contributed by atoms with Crippen molar-refractivity contribution in [1.82, 2.24) is 15.0 Å². The highest BCUT2D eigenvalue weighted by Crippen LogP contribution is 2.32. The fourth-order valence-electron chi connectivity index (χ4n) is 2.76. The van der Waals surface area contributed by atoms with Gasteiger partial charge in [-0.1, -0.05) is 24.3 Å². The van der Waals surface area contributed by atoms with Gasteiger partial charge in [-0.15, -0.1) is 0 Å². The molecule has 0 radical (unpaired) electrons. The molecule has 0 unspecified atom stereocenters. The van der Waals surface area contributed by atoms with Crippen LogP contribution in [0.2, 0.25) is 0 Å². The van der Waals surface area contributed by atoms with Crippen molar-refractivity contribution in [2.75, 3.05) is 17.8 Å². The number of benzene rings is 2. The van der Waals surface area contributed by atoms with Crippen LogP contribution in [0.25, 0.3) is 6.08 Å². The lowest BCUT2D eigenvalue weighted by molar-refractivity contribution is -0.139. The van der Waals surface area contributed by atoms with Crippen molar-refractivity contribution in [1.29, 1.82) is 0 Å². The highest BCUT2D eigenvalue weighted by molar-refractivity contribution is 5.87. The molecule has 0 saturated heterocycles. The van der Waals surface area contributed by atoms with Crippen LogP contribution in [-0.2, 0) is 16.1 Å². The first kappa shape index (κ1) is 19.2. The third kappa shape index (κ3) is 4.64. The molecule has 0 saturated carbocycles. The maximum atomic E-state index is 12.0. The average molecular weight is 405 g/mol. The third-order valence-electron chi connectivity index (χ3n) is 4.24. The number of nitrogen functional groups attached to an aromatic ring is 1. The Kier molecular flexibility index (Phi) is 5.42. The summed E-state index contributed by atoms with van der Waals surface area (Å²) in [7, 11) is 0. The van der Waals surface area contributed by atoms with E-state index in [1.165, 1.54) is 6.08 Å². The number of carbonyl (C=O) groups excluding carboxylic acids is 1. The maximum Gasteiger partial charge on any atom is 0.331 e. The van der Waals surface area contributed by atoms with Crippen LogP contribution in [-0.4, -0.2) is 27.7 Å². The molecule has 4 rings (SSSR count). The SMILES string of the molecule is Cc1ccccc1Nc1nc(N)nc(COC(=O)/C=C/c2ccc3c(c2)OCO3)n1. The van der Waals surface area contributed by atoms with Crippen molar-refractivity contribution in [3.63, 3.8) is 0 Å². The summed E-state index contributed by atoms with van der Waals surface area (Å²) in [6.45, 7) is 2.02. The first-order chi connectivity index (χ1) is 14.6. The van der Waals surface area contributed by atoms with Crippen molar-refractivity contribution >= 4 is 29.6 Å². The summed E-state index contributed by atoms with van der Waals surface area (Å²) in [5, 5.41) is 3.09. The molecule has 30 heavy (non-hydrogen) atoms. The van der Waals surface area contributed by atoms with Crippen LogP contribution in [0.4, 0.5) is 17.6 Å². The molecule has 0 fully saturated rings. The minimum absolute atomic E-state index is 0.0306. The van der Waals surface area contributed by atoms with Gasteiger partial charge < -0.3 is 25.3 Å². The van der Waals surface area contributed by atoms with Crippen LogP contribution in [0.5, 0.6) is 11.5 Å². The van der Waals surface area contributed by atoms with Crippen molar-refractivity contribution in [2.45, 2.75) is 13.5 Å². The molecule has 0 aliphatic carbocycles.